The smallest absolute Gasteiger partial charge is 0.406 e. The summed E-state index contributed by atoms with van der Waals surface area (Å²) in [5.74, 6) is -0.459. The van der Waals surface area contributed by atoms with E-state index in [1.807, 2.05) is 0 Å². The van der Waals surface area contributed by atoms with E-state index in [1.165, 1.54) is 17.0 Å². The molecular formula is C11H9ClF3NO2. The van der Waals surface area contributed by atoms with Gasteiger partial charge in [-0.15, -0.1) is 24.8 Å². The largest absolute Gasteiger partial charge is 0.573 e. The summed E-state index contributed by atoms with van der Waals surface area (Å²) in [6.45, 7) is 0.361. The lowest BCUT2D eigenvalue weighted by atomic mass is 10.3. The Morgan fingerprint density at radius 3 is 2.33 bits per heavy atom. The fourth-order valence-electron chi connectivity index (χ4n) is 1.74. The van der Waals surface area contributed by atoms with Gasteiger partial charge in [0.15, 0.2) is 0 Å². The van der Waals surface area contributed by atoms with Crippen molar-refractivity contribution in [1.82, 2.24) is 0 Å². The van der Waals surface area contributed by atoms with Crippen molar-refractivity contribution < 1.29 is 22.7 Å². The number of alkyl halides is 4. The van der Waals surface area contributed by atoms with E-state index in [9.17, 15) is 18.0 Å². The van der Waals surface area contributed by atoms with Crippen LogP contribution in [-0.4, -0.2) is 24.2 Å². The molecule has 0 N–H and O–H groups in total. The zero-order chi connectivity index (χ0) is 13.3. The van der Waals surface area contributed by atoms with Crippen LogP contribution in [0.4, 0.5) is 18.9 Å². The molecule has 0 aliphatic carbocycles. The van der Waals surface area contributed by atoms with Gasteiger partial charge in [-0.1, -0.05) is 0 Å². The van der Waals surface area contributed by atoms with E-state index in [4.69, 9.17) is 11.6 Å². The van der Waals surface area contributed by atoms with E-state index in [0.717, 1.165) is 12.1 Å². The number of benzene rings is 1. The van der Waals surface area contributed by atoms with Gasteiger partial charge in [-0.25, -0.2) is 0 Å². The summed E-state index contributed by atoms with van der Waals surface area (Å²) in [4.78, 5) is 13.0. The van der Waals surface area contributed by atoms with Crippen molar-refractivity contribution in [3.63, 3.8) is 0 Å². The van der Waals surface area contributed by atoms with Gasteiger partial charge in [0, 0.05) is 18.7 Å². The highest BCUT2D eigenvalue weighted by Gasteiger charge is 2.32. The van der Waals surface area contributed by atoms with Crippen molar-refractivity contribution in [3.05, 3.63) is 24.3 Å². The maximum atomic E-state index is 12.0. The highest BCUT2D eigenvalue weighted by Crippen LogP contribution is 2.28. The maximum absolute atomic E-state index is 12.0. The molecule has 1 saturated heterocycles. The van der Waals surface area contributed by atoms with Gasteiger partial charge in [0.1, 0.15) is 5.75 Å². The molecule has 1 aromatic carbocycles. The monoisotopic (exact) mass is 279 g/mol. The zero-order valence-corrected chi connectivity index (χ0v) is 9.83. The Balaban J connectivity index is 2.11. The highest BCUT2D eigenvalue weighted by molar-refractivity contribution is 6.24. The lowest BCUT2D eigenvalue weighted by molar-refractivity contribution is -0.274. The van der Waals surface area contributed by atoms with Crippen molar-refractivity contribution in [2.24, 2.45) is 0 Å². The number of anilines is 1. The number of carbonyl (C=O) groups excluding carboxylic acids is 1. The molecule has 1 atom stereocenters. The molecule has 1 aliphatic heterocycles. The van der Waals surface area contributed by atoms with Gasteiger partial charge < -0.3 is 9.64 Å². The second kappa shape index (κ2) is 4.68. The molecule has 1 unspecified atom stereocenters. The summed E-state index contributed by atoms with van der Waals surface area (Å²) in [6, 6.07) is 5.12. The van der Waals surface area contributed by atoms with Crippen LogP contribution in [0.3, 0.4) is 0 Å². The Labute approximate surface area is 106 Å². The van der Waals surface area contributed by atoms with Gasteiger partial charge in [-0.2, -0.15) is 0 Å². The lowest BCUT2D eigenvalue weighted by Crippen LogP contribution is -2.24. The molecule has 2 rings (SSSR count). The van der Waals surface area contributed by atoms with E-state index in [-0.39, 0.29) is 23.5 Å². The van der Waals surface area contributed by atoms with E-state index in [1.54, 1.807) is 0 Å². The quantitative estimate of drug-likeness (QED) is 0.779. The first-order chi connectivity index (χ1) is 8.35. The summed E-state index contributed by atoms with van der Waals surface area (Å²) < 4.78 is 39.6. The molecule has 0 spiro atoms. The van der Waals surface area contributed by atoms with E-state index >= 15 is 0 Å². The maximum Gasteiger partial charge on any atom is 0.573 e. The van der Waals surface area contributed by atoms with Gasteiger partial charge in [-0.05, 0) is 24.3 Å². The van der Waals surface area contributed by atoms with E-state index in [0.29, 0.717) is 12.2 Å². The number of nitrogens with zero attached hydrogens (tertiary/aromatic N) is 1. The first kappa shape index (κ1) is 13.0. The molecule has 1 aromatic rings. The predicted octanol–water partition coefficient (Wildman–Crippen LogP) is 2.93. The molecule has 1 amide bonds. The van der Waals surface area contributed by atoms with Crippen LogP contribution >= 0.6 is 11.6 Å². The second-order valence-electron chi connectivity index (χ2n) is 3.85. The average Bonchev–Trinajstić information content (AvgIpc) is 2.57. The lowest BCUT2D eigenvalue weighted by Gasteiger charge is -2.16. The summed E-state index contributed by atoms with van der Waals surface area (Å²) in [7, 11) is 0. The minimum absolute atomic E-state index is 0.139. The normalized spacial score (nSPS) is 20.3. The van der Waals surface area contributed by atoms with Gasteiger partial charge in [0.25, 0.3) is 0 Å². The zero-order valence-electron chi connectivity index (χ0n) is 9.08. The topological polar surface area (TPSA) is 29.5 Å². The molecule has 3 nitrogen and oxygen atoms in total. The number of amides is 1. The van der Waals surface area contributed by atoms with E-state index in [2.05, 4.69) is 4.74 Å². The molecule has 0 saturated carbocycles. The van der Waals surface area contributed by atoms with Crippen LogP contribution < -0.4 is 9.64 Å². The molecular weight excluding hydrogens is 271 g/mol. The summed E-state index contributed by atoms with van der Waals surface area (Å²) >= 11 is 5.83. The molecule has 1 heterocycles. The number of carbonyl (C=O) groups is 1. The number of hydrogen-bond acceptors (Lipinski definition) is 2. The molecule has 1 fully saturated rings. The molecule has 0 radical (unpaired) electrons. The van der Waals surface area contributed by atoms with Gasteiger partial charge in [-0.3, -0.25) is 4.79 Å². The number of halogens is 4. The summed E-state index contributed by atoms with van der Waals surface area (Å²) in [5, 5.41) is -0.261. The SMILES string of the molecule is O=C1CC(Cl)CN1c1ccc(OC(F)(F)F)cc1. The van der Waals surface area contributed by atoms with Gasteiger partial charge in [0.2, 0.25) is 5.91 Å². The van der Waals surface area contributed by atoms with Crippen molar-refractivity contribution in [2.75, 3.05) is 11.4 Å². The minimum Gasteiger partial charge on any atom is -0.406 e. The van der Waals surface area contributed by atoms with Crippen molar-refractivity contribution in [1.29, 1.82) is 0 Å². The minimum atomic E-state index is -4.72. The van der Waals surface area contributed by atoms with Crippen LogP contribution in [0.2, 0.25) is 0 Å². The first-order valence-electron chi connectivity index (χ1n) is 5.15. The Hall–Kier alpha value is -1.43. The van der Waals surface area contributed by atoms with Crippen molar-refractivity contribution >= 4 is 23.2 Å². The molecule has 1 aliphatic rings. The molecule has 18 heavy (non-hydrogen) atoms. The van der Waals surface area contributed by atoms with E-state index < -0.39 is 6.36 Å². The highest BCUT2D eigenvalue weighted by atomic mass is 35.5. The Morgan fingerprint density at radius 2 is 1.89 bits per heavy atom. The molecule has 7 heteroatoms. The first-order valence-corrected chi connectivity index (χ1v) is 5.59. The fraction of sp³-hybridized carbons (Fsp3) is 0.364. The Kier molecular flexibility index (Phi) is 3.38. The second-order valence-corrected chi connectivity index (χ2v) is 4.46. The van der Waals surface area contributed by atoms with Crippen LogP contribution in [0.1, 0.15) is 6.42 Å². The number of ether oxygens (including phenoxy) is 1. The third kappa shape index (κ3) is 3.07. The van der Waals surface area contributed by atoms with Crippen LogP contribution in [0, 0.1) is 0 Å². The van der Waals surface area contributed by atoms with Gasteiger partial charge in [0.05, 0.1) is 5.38 Å². The summed E-state index contributed by atoms with van der Waals surface area (Å²) in [6.07, 6.45) is -4.48. The van der Waals surface area contributed by atoms with Crippen LogP contribution in [0.5, 0.6) is 5.75 Å². The van der Waals surface area contributed by atoms with Gasteiger partial charge >= 0.3 is 6.36 Å². The third-order valence-electron chi connectivity index (χ3n) is 2.46. The molecule has 0 aromatic heterocycles. The fourth-order valence-corrected chi connectivity index (χ4v) is 2.01. The van der Waals surface area contributed by atoms with Crippen LogP contribution in [-0.2, 0) is 4.79 Å². The van der Waals surface area contributed by atoms with Crippen LogP contribution in [0.25, 0.3) is 0 Å². The molecule has 98 valence electrons. The summed E-state index contributed by atoms with van der Waals surface area (Å²) in [5.41, 5.74) is 0.512. The average molecular weight is 280 g/mol. The van der Waals surface area contributed by atoms with Crippen LogP contribution in [0.15, 0.2) is 24.3 Å². The Bertz CT molecular complexity index is 447. The van der Waals surface area contributed by atoms with Crippen molar-refractivity contribution in [3.8, 4) is 5.75 Å². The molecule has 0 bridgehead atoms. The number of rotatable bonds is 2. The third-order valence-corrected chi connectivity index (χ3v) is 2.75. The predicted molar refractivity (Wildman–Crippen MR) is 59.7 cm³/mol. The van der Waals surface area contributed by atoms with Crippen molar-refractivity contribution in [2.45, 2.75) is 18.2 Å². The Morgan fingerprint density at radius 1 is 1.28 bits per heavy atom. The standard InChI is InChI=1S/C11H9ClF3NO2/c12-7-5-10(17)16(6-7)8-1-3-9(4-2-8)18-11(13,14)15/h1-4,7H,5-6H2. The number of hydrogen-bond donors (Lipinski definition) is 0.